The van der Waals surface area contributed by atoms with E-state index in [1.54, 1.807) is 13.2 Å². The average Bonchev–Trinajstić information content (AvgIpc) is 2.87. The first kappa shape index (κ1) is 14.7. The van der Waals surface area contributed by atoms with Gasteiger partial charge in [-0.2, -0.15) is 5.26 Å². The molecule has 0 aliphatic heterocycles. The number of aromatic nitrogens is 1. The summed E-state index contributed by atoms with van der Waals surface area (Å²) in [6, 6.07) is 15.4. The van der Waals surface area contributed by atoms with Crippen LogP contribution in [-0.4, -0.2) is 18.1 Å². The van der Waals surface area contributed by atoms with E-state index in [1.807, 2.05) is 48.0 Å². The first-order valence-electron chi connectivity index (χ1n) is 7.06. The molecule has 0 bridgehead atoms. The molecule has 1 aromatic heterocycles. The molecule has 0 aliphatic rings. The third kappa shape index (κ3) is 2.40. The topological polar surface area (TPSA) is 67.0 Å². The van der Waals surface area contributed by atoms with E-state index in [0.717, 1.165) is 27.9 Å². The van der Waals surface area contributed by atoms with E-state index in [2.05, 4.69) is 11.4 Å². The number of carbonyl (C=O) groups excluding carboxylic acids is 1. The summed E-state index contributed by atoms with van der Waals surface area (Å²) in [6.45, 7) is 0. The summed E-state index contributed by atoms with van der Waals surface area (Å²) in [7, 11) is 3.53. The third-order valence-electron chi connectivity index (χ3n) is 3.88. The highest BCUT2D eigenvalue weighted by Crippen LogP contribution is 2.35. The van der Waals surface area contributed by atoms with Crippen molar-refractivity contribution < 1.29 is 9.53 Å². The van der Waals surface area contributed by atoms with Crippen LogP contribution in [0.3, 0.4) is 0 Å². The van der Waals surface area contributed by atoms with Crippen LogP contribution in [0, 0.1) is 11.3 Å². The molecule has 5 heteroatoms. The molecule has 1 amide bonds. The van der Waals surface area contributed by atoms with Gasteiger partial charge in [-0.1, -0.05) is 12.1 Å². The van der Waals surface area contributed by atoms with Crippen LogP contribution in [0.2, 0.25) is 0 Å². The Bertz CT molecular complexity index is 935. The van der Waals surface area contributed by atoms with Gasteiger partial charge in [0, 0.05) is 29.8 Å². The minimum atomic E-state index is 0.605. The molecule has 23 heavy (non-hydrogen) atoms. The molecule has 114 valence electrons. The summed E-state index contributed by atoms with van der Waals surface area (Å²) in [6.07, 6.45) is 0.636. The summed E-state index contributed by atoms with van der Waals surface area (Å²) >= 11 is 0. The van der Waals surface area contributed by atoms with E-state index in [-0.39, 0.29) is 0 Å². The van der Waals surface area contributed by atoms with Crippen molar-refractivity contribution >= 4 is 23.0 Å². The fourth-order valence-corrected chi connectivity index (χ4v) is 2.82. The van der Waals surface area contributed by atoms with Crippen molar-refractivity contribution in [2.75, 3.05) is 12.4 Å². The van der Waals surface area contributed by atoms with E-state index in [1.165, 1.54) is 0 Å². The van der Waals surface area contributed by atoms with Gasteiger partial charge >= 0.3 is 0 Å². The molecule has 2 aromatic carbocycles. The van der Waals surface area contributed by atoms with Crippen molar-refractivity contribution in [3.05, 3.63) is 48.0 Å². The number of benzene rings is 2. The minimum Gasteiger partial charge on any atom is -0.497 e. The number of anilines is 1. The van der Waals surface area contributed by atoms with E-state index in [9.17, 15) is 10.1 Å². The van der Waals surface area contributed by atoms with Crippen LogP contribution < -0.4 is 10.1 Å². The first-order chi connectivity index (χ1) is 11.2. The lowest BCUT2D eigenvalue weighted by Gasteiger charge is -2.07. The van der Waals surface area contributed by atoms with Crippen molar-refractivity contribution in [2.45, 2.75) is 0 Å². The zero-order valence-electron chi connectivity index (χ0n) is 12.8. The van der Waals surface area contributed by atoms with Crippen LogP contribution in [-0.2, 0) is 11.8 Å². The zero-order valence-corrected chi connectivity index (χ0v) is 12.8. The van der Waals surface area contributed by atoms with E-state index in [4.69, 9.17) is 4.74 Å². The number of methoxy groups -OCH3 is 1. The summed E-state index contributed by atoms with van der Waals surface area (Å²) in [5, 5.41) is 13.1. The van der Waals surface area contributed by atoms with Crippen molar-refractivity contribution in [2.24, 2.45) is 7.05 Å². The maximum absolute atomic E-state index is 10.6. The zero-order chi connectivity index (χ0) is 16.4. The molecular weight excluding hydrogens is 290 g/mol. The number of aryl methyl sites for hydroxylation is 1. The molecule has 0 saturated heterocycles. The smallest absolute Gasteiger partial charge is 0.211 e. The maximum atomic E-state index is 10.6. The number of nitrogens with one attached hydrogen (secondary N) is 1. The number of fused-ring (bicyclic) bond motifs is 1. The van der Waals surface area contributed by atoms with Gasteiger partial charge in [-0.05, 0) is 24.3 Å². The highest BCUT2D eigenvalue weighted by Gasteiger charge is 2.17. The predicted octanol–water partition coefficient (Wildman–Crippen LogP) is 3.29. The third-order valence-corrected chi connectivity index (χ3v) is 3.88. The normalized spacial score (nSPS) is 10.3. The van der Waals surface area contributed by atoms with Gasteiger partial charge < -0.3 is 14.6 Å². The highest BCUT2D eigenvalue weighted by atomic mass is 16.5. The maximum Gasteiger partial charge on any atom is 0.211 e. The molecule has 3 aromatic rings. The van der Waals surface area contributed by atoms with Gasteiger partial charge in [-0.15, -0.1) is 0 Å². The predicted molar refractivity (Wildman–Crippen MR) is 89.3 cm³/mol. The van der Waals surface area contributed by atoms with Gasteiger partial charge in [0.05, 0.1) is 23.9 Å². The molecule has 0 radical (unpaired) electrons. The van der Waals surface area contributed by atoms with Gasteiger partial charge in [0.2, 0.25) is 6.41 Å². The molecule has 0 fully saturated rings. The molecule has 0 aliphatic carbocycles. The molecule has 0 spiro atoms. The second-order valence-corrected chi connectivity index (χ2v) is 5.12. The lowest BCUT2D eigenvalue weighted by molar-refractivity contribution is -0.105. The molecule has 0 unspecified atom stereocenters. The Morgan fingerprint density at radius 2 is 2.09 bits per heavy atom. The minimum absolute atomic E-state index is 0.605. The van der Waals surface area contributed by atoms with Crippen LogP contribution in [0.1, 0.15) is 5.56 Å². The summed E-state index contributed by atoms with van der Waals surface area (Å²) in [5.41, 5.74) is 3.89. The number of nitrogens with zero attached hydrogens (tertiary/aromatic N) is 2. The summed E-state index contributed by atoms with van der Waals surface area (Å²) in [4.78, 5) is 10.6. The fourth-order valence-electron chi connectivity index (χ4n) is 2.82. The number of nitriles is 1. The van der Waals surface area contributed by atoms with Crippen molar-refractivity contribution in [3.8, 4) is 23.1 Å². The van der Waals surface area contributed by atoms with Crippen LogP contribution in [0.5, 0.6) is 5.75 Å². The fraction of sp³-hybridized carbons (Fsp3) is 0.111. The van der Waals surface area contributed by atoms with Crippen LogP contribution >= 0.6 is 0 Å². The van der Waals surface area contributed by atoms with E-state index in [0.29, 0.717) is 17.7 Å². The van der Waals surface area contributed by atoms with Crippen molar-refractivity contribution in [1.82, 2.24) is 4.57 Å². The number of ether oxygens (including phenoxy) is 1. The second kappa shape index (κ2) is 5.85. The quantitative estimate of drug-likeness (QED) is 0.752. The van der Waals surface area contributed by atoms with Gasteiger partial charge in [0.1, 0.15) is 11.8 Å². The molecule has 5 nitrogen and oxygen atoms in total. The number of hydrogen-bond donors (Lipinski definition) is 1. The Balaban J connectivity index is 2.29. The highest BCUT2D eigenvalue weighted by molar-refractivity contribution is 5.95. The Labute approximate surface area is 133 Å². The first-order valence-corrected chi connectivity index (χ1v) is 7.06. The lowest BCUT2D eigenvalue weighted by Crippen LogP contribution is -1.96. The SMILES string of the molecule is COc1ccc2c(C#N)c(-c3cccc(NC=O)c3)n(C)c2c1. The number of rotatable bonds is 4. The van der Waals surface area contributed by atoms with Crippen LogP contribution in [0.4, 0.5) is 5.69 Å². The van der Waals surface area contributed by atoms with Crippen LogP contribution in [0.15, 0.2) is 42.5 Å². The molecule has 0 atom stereocenters. The largest absolute Gasteiger partial charge is 0.497 e. The Kier molecular flexibility index (Phi) is 3.73. The Morgan fingerprint density at radius 1 is 1.26 bits per heavy atom. The van der Waals surface area contributed by atoms with Gasteiger partial charge in [0.15, 0.2) is 0 Å². The molecule has 1 heterocycles. The average molecular weight is 305 g/mol. The van der Waals surface area contributed by atoms with Gasteiger partial charge in [0.25, 0.3) is 0 Å². The standard InChI is InChI=1S/C18H15N3O2/c1-21-17-9-14(23-2)6-7-15(17)16(10-19)18(21)12-4-3-5-13(8-12)20-11-22/h3-9,11H,1-2H3,(H,20,22). The monoisotopic (exact) mass is 305 g/mol. The van der Waals surface area contributed by atoms with E-state index >= 15 is 0 Å². The molecule has 0 saturated carbocycles. The number of amides is 1. The molecular formula is C18H15N3O2. The second-order valence-electron chi connectivity index (χ2n) is 5.12. The number of hydrogen-bond acceptors (Lipinski definition) is 3. The van der Waals surface area contributed by atoms with Crippen molar-refractivity contribution in [3.63, 3.8) is 0 Å². The summed E-state index contributed by atoms with van der Waals surface area (Å²) < 4.78 is 7.24. The van der Waals surface area contributed by atoms with Crippen LogP contribution in [0.25, 0.3) is 22.2 Å². The van der Waals surface area contributed by atoms with Gasteiger partial charge in [-0.25, -0.2) is 0 Å². The molecule has 3 rings (SSSR count). The Morgan fingerprint density at radius 3 is 2.78 bits per heavy atom. The van der Waals surface area contributed by atoms with Crippen molar-refractivity contribution in [1.29, 1.82) is 5.26 Å². The van der Waals surface area contributed by atoms with Gasteiger partial charge in [-0.3, -0.25) is 4.79 Å². The molecule has 1 N–H and O–H groups in total. The summed E-state index contributed by atoms with van der Waals surface area (Å²) in [5.74, 6) is 0.741. The number of carbonyl (C=O) groups is 1. The van der Waals surface area contributed by atoms with E-state index < -0.39 is 0 Å². The lowest BCUT2D eigenvalue weighted by atomic mass is 10.1. The Hall–Kier alpha value is -3.26.